The molecule has 0 radical (unpaired) electrons. The summed E-state index contributed by atoms with van der Waals surface area (Å²) in [6, 6.07) is 3.07. The van der Waals surface area contributed by atoms with E-state index in [9.17, 15) is 14.9 Å². The smallest absolute Gasteiger partial charge is 0.274 e. The second kappa shape index (κ2) is 5.40. The van der Waals surface area contributed by atoms with Crippen molar-refractivity contribution in [3.8, 4) is 0 Å². The molecule has 0 atom stereocenters. The summed E-state index contributed by atoms with van der Waals surface area (Å²) in [5, 5.41) is 16.1. The molecule has 1 aromatic rings. The van der Waals surface area contributed by atoms with Crippen molar-refractivity contribution in [2.24, 2.45) is 0 Å². The van der Waals surface area contributed by atoms with Gasteiger partial charge in [-0.15, -0.1) is 0 Å². The lowest BCUT2D eigenvalue weighted by Crippen LogP contribution is -2.25. The zero-order valence-corrected chi connectivity index (χ0v) is 10.0. The Balaban J connectivity index is 3.03. The number of benzene rings is 1. The number of hydrogen-bond acceptors (Lipinski definition) is 4. The van der Waals surface area contributed by atoms with E-state index in [1.807, 2.05) is 0 Å². The highest BCUT2D eigenvalue weighted by molar-refractivity contribution is 5.93. The molecule has 0 aliphatic heterocycles. The van der Waals surface area contributed by atoms with Crippen LogP contribution in [0.15, 0.2) is 12.1 Å². The number of nitrogens with zero attached hydrogens (tertiary/aromatic N) is 1. The minimum atomic E-state index is -0.456. The number of hydrogen-bond donors (Lipinski definition) is 2. The van der Waals surface area contributed by atoms with Gasteiger partial charge in [0.2, 0.25) is 5.91 Å². The van der Waals surface area contributed by atoms with Gasteiger partial charge in [0.05, 0.1) is 17.2 Å². The number of carbonyl (C=O) groups excluding carboxylic acids is 1. The summed E-state index contributed by atoms with van der Waals surface area (Å²) < 4.78 is 0. The van der Waals surface area contributed by atoms with Gasteiger partial charge in [-0.25, -0.2) is 0 Å². The van der Waals surface area contributed by atoms with Gasteiger partial charge in [-0.05, 0) is 32.5 Å². The summed E-state index contributed by atoms with van der Waals surface area (Å²) in [5.74, 6) is -0.228. The zero-order chi connectivity index (χ0) is 13.0. The van der Waals surface area contributed by atoms with E-state index in [0.29, 0.717) is 11.3 Å². The molecule has 0 saturated carbocycles. The van der Waals surface area contributed by atoms with Gasteiger partial charge < -0.3 is 10.6 Å². The fourth-order valence-corrected chi connectivity index (χ4v) is 1.53. The molecule has 0 heterocycles. The summed E-state index contributed by atoms with van der Waals surface area (Å²) in [4.78, 5) is 21.7. The first kappa shape index (κ1) is 13.1. The molecule has 0 aliphatic rings. The standard InChI is InChI=1S/C11H15N3O3/c1-7-4-8(2)10(14(16)17)5-9(7)13-11(15)6-12-3/h4-5,12H,6H2,1-3H3,(H,13,15). The molecule has 0 fully saturated rings. The molecule has 6 heteroatoms. The van der Waals surface area contributed by atoms with Crippen molar-refractivity contribution >= 4 is 17.3 Å². The maximum Gasteiger partial charge on any atom is 0.274 e. The zero-order valence-electron chi connectivity index (χ0n) is 10.0. The largest absolute Gasteiger partial charge is 0.324 e. The van der Waals surface area contributed by atoms with Crippen molar-refractivity contribution in [2.75, 3.05) is 18.9 Å². The average Bonchev–Trinajstić information content (AvgIpc) is 2.21. The molecule has 0 spiro atoms. The lowest BCUT2D eigenvalue weighted by atomic mass is 10.1. The summed E-state index contributed by atoms with van der Waals surface area (Å²) in [6.07, 6.45) is 0. The van der Waals surface area contributed by atoms with Crippen LogP contribution >= 0.6 is 0 Å². The third-order valence-electron chi connectivity index (χ3n) is 2.35. The predicted molar refractivity (Wildman–Crippen MR) is 65.1 cm³/mol. The normalized spacial score (nSPS) is 10.1. The van der Waals surface area contributed by atoms with E-state index in [1.165, 1.54) is 6.07 Å². The van der Waals surface area contributed by atoms with Crippen LogP contribution in [0.5, 0.6) is 0 Å². The first-order valence-electron chi connectivity index (χ1n) is 5.15. The molecular formula is C11H15N3O3. The number of nitro groups is 1. The summed E-state index contributed by atoms with van der Waals surface area (Å²) in [5.41, 5.74) is 1.87. The fraction of sp³-hybridized carbons (Fsp3) is 0.364. The van der Waals surface area contributed by atoms with Gasteiger partial charge >= 0.3 is 0 Å². The van der Waals surface area contributed by atoms with E-state index in [1.54, 1.807) is 27.0 Å². The first-order chi connectivity index (χ1) is 7.95. The van der Waals surface area contributed by atoms with Gasteiger partial charge in [0.15, 0.2) is 0 Å². The topological polar surface area (TPSA) is 84.3 Å². The molecule has 0 aliphatic carbocycles. The van der Waals surface area contributed by atoms with Crippen LogP contribution < -0.4 is 10.6 Å². The molecule has 0 unspecified atom stereocenters. The Morgan fingerprint density at radius 1 is 1.35 bits per heavy atom. The Bertz CT molecular complexity index is 458. The molecule has 1 aromatic carbocycles. The predicted octanol–water partition coefficient (Wildman–Crippen LogP) is 1.37. The molecule has 2 N–H and O–H groups in total. The number of aryl methyl sites for hydroxylation is 2. The maximum atomic E-state index is 11.4. The molecule has 92 valence electrons. The number of rotatable bonds is 4. The van der Waals surface area contributed by atoms with Crippen molar-refractivity contribution in [3.63, 3.8) is 0 Å². The van der Waals surface area contributed by atoms with Crippen LogP contribution in [0.4, 0.5) is 11.4 Å². The van der Waals surface area contributed by atoms with E-state index in [-0.39, 0.29) is 18.1 Å². The Labute approximate surface area is 99.2 Å². The van der Waals surface area contributed by atoms with E-state index in [2.05, 4.69) is 10.6 Å². The maximum absolute atomic E-state index is 11.4. The highest BCUT2D eigenvalue weighted by Gasteiger charge is 2.14. The van der Waals surface area contributed by atoms with E-state index >= 15 is 0 Å². The van der Waals surface area contributed by atoms with Crippen molar-refractivity contribution in [1.29, 1.82) is 0 Å². The van der Waals surface area contributed by atoms with Crippen molar-refractivity contribution in [3.05, 3.63) is 33.4 Å². The highest BCUT2D eigenvalue weighted by Crippen LogP contribution is 2.26. The van der Waals surface area contributed by atoms with Crippen LogP contribution in [0, 0.1) is 24.0 Å². The van der Waals surface area contributed by atoms with Gasteiger partial charge in [-0.1, -0.05) is 0 Å². The highest BCUT2D eigenvalue weighted by atomic mass is 16.6. The van der Waals surface area contributed by atoms with Crippen LogP contribution in [0.3, 0.4) is 0 Å². The van der Waals surface area contributed by atoms with Gasteiger partial charge in [-0.2, -0.15) is 0 Å². The third kappa shape index (κ3) is 3.25. The fourth-order valence-electron chi connectivity index (χ4n) is 1.53. The van der Waals surface area contributed by atoms with Crippen LogP contribution in [0.25, 0.3) is 0 Å². The summed E-state index contributed by atoms with van der Waals surface area (Å²) in [6.45, 7) is 3.64. The van der Waals surface area contributed by atoms with E-state index < -0.39 is 4.92 Å². The number of likely N-dealkylation sites (N-methyl/N-ethyl adjacent to an activating group) is 1. The summed E-state index contributed by atoms with van der Waals surface area (Å²) in [7, 11) is 1.66. The lowest BCUT2D eigenvalue weighted by Gasteiger charge is -2.09. The molecule has 0 bridgehead atoms. The second-order valence-corrected chi connectivity index (χ2v) is 3.79. The number of anilines is 1. The molecule has 6 nitrogen and oxygen atoms in total. The van der Waals surface area contributed by atoms with Gasteiger partial charge in [0.25, 0.3) is 5.69 Å². The average molecular weight is 237 g/mol. The van der Waals surface area contributed by atoms with Crippen LogP contribution in [-0.4, -0.2) is 24.4 Å². The molecule has 17 heavy (non-hydrogen) atoms. The van der Waals surface area contributed by atoms with E-state index in [4.69, 9.17) is 0 Å². The quantitative estimate of drug-likeness (QED) is 0.612. The molecular weight excluding hydrogens is 222 g/mol. The SMILES string of the molecule is CNCC(=O)Nc1cc([N+](=O)[O-])c(C)cc1C. The Morgan fingerprint density at radius 3 is 2.53 bits per heavy atom. The first-order valence-corrected chi connectivity index (χ1v) is 5.15. The van der Waals surface area contributed by atoms with Crippen LogP contribution in [0.1, 0.15) is 11.1 Å². The number of amides is 1. The third-order valence-corrected chi connectivity index (χ3v) is 2.35. The van der Waals surface area contributed by atoms with E-state index in [0.717, 1.165) is 5.56 Å². The van der Waals surface area contributed by atoms with Gasteiger partial charge in [0.1, 0.15) is 0 Å². The second-order valence-electron chi connectivity index (χ2n) is 3.79. The molecule has 1 amide bonds. The van der Waals surface area contributed by atoms with Gasteiger partial charge in [-0.3, -0.25) is 14.9 Å². The monoisotopic (exact) mass is 237 g/mol. The number of nitro benzene ring substituents is 1. The lowest BCUT2D eigenvalue weighted by molar-refractivity contribution is -0.385. The van der Waals surface area contributed by atoms with Crippen LogP contribution in [-0.2, 0) is 4.79 Å². The van der Waals surface area contributed by atoms with Crippen molar-refractivity contribution in [1.82, 2.24) is 5.32 Å². The molecule has 0 aromatic heterocycles. The minimum Gasteiger partial charge on any atom is -0.324 e. The Morgan fingerprint density at radius 2 is 2.00 bits per heavy atom. The van der Waals surface area contributed by atoms with Crippen LogP contribution in [0.2, 0.25) is 0 Å². The molecule has 0 saturated heterocycles. The molecule has 1 rings (SSSR count). The number of nitrogens with one attached hydrogen (secondary N) is 2. The number of carbonyl (C=O) groups is 1. The minimum absolute atomic E-state index is 0.00959. The van der Waals surface area contributed by atoms with Gasteiger partial charge in [0, 0.05) is 11.6 Å². The van der Waals surface area contributed by atoms with Crippen molar-refractivity contribution < 1.29 is 9.72 Å². The van der Waals surface area contributed by atoms with Crippen molar-refractivity contribution in [2.45, 2.75) is 13.8 Å². The Hall–Kier alpha value is -1.95. The summed E-state index contributed by atoms with van der Waals surface area (Å²) >= 11 is 0. The Kier molecular flexibility index (Phi) is 4.17.